The van der Waals surface area contributed by atoms with Crippen LogP contribution in [0.25, 0.3) is 6.08 Å². The fourth-order valence-corrected chi connectivity index (χ4v) is 12.4. The van der Waals surface area contributed by atoms with Crippen LogP contribution in [0.1, 0.15) is 126 Å². The first-order valence-corrected chi connectivity index (χ1v) is 37.3. The van der Waals surface area contributed by atoms with E-state index in [4.69, 9.17) is 58.3 Å². The number of hydrogen-bond donors (Lipinski definition) is 6. The number of benzene rings is 7. The molecule has 546 valence electrons. The number of fused-ring (bicyclic) bond motifs is 5. The highest BCUT2D eigenvalue weighted by Crippen LogP contribution is 2.38. The van der Waals surface area contributed by atoms with Gasteiger partial charge in [0, 0.05) is 68.5 Å². The quantitative estimate of drug-likeness (QED) is 0.0163. The highest BCUT2D eigenvalue weighted by molar-refractivity contribution is 9.11. The number of aldehydes is 1. The third-order valence-corrected chi connectivity index (χ3v) is 17.9. The molecule has 0 spiro atoms. The van der Waals surface area contributed by atoms with Gasteiger partial charge in [0.05, 0.1) is 58.0 Å². The molecule has 23 heteroatoms. The maximum absolute atomic E-state index is 11.9. The Morgan fingerprint density at radius 1 is 0.627 bits per heavy atom. The number of allylic oxidation sites excluding steroid dienone is 1. The second-order valence-electron chi connectivity index (χ2n) is 23.4. The second-order valence-corrected chi connectivity index (χ2v) is 27.0. The fraction of sp³-hybridized carbons (Fsp3) is 0.354. The molecule has 0 bridgehead atoms. The second kappa shape index (κ2) is 45.8. The van der Waals surface area contributed by atoms with Gasteiger partial charge in [0.2, 0.25) is 0 Å². The number of phenolic OH excluding ortho intramolecular Hbond substituents is 2. The molecule has 3 atom stereocenters. The molecular formula is C79H90Br4N2O17. The number of ketones is 1. The van der Waals surface area contributed by atoms with E-state index in [9.17, 15) is 24.0 Å². The van der Waals surface area contributed by atoms with E-state index in [1.165, 1.54) is 40.5 Å². The third-order valence-electron chi connectivity index (χ3n) is 16.0. The molecular weight excluding hydrogens is 1570 g/mol. The van der Waals surface area contributed by atoms with Crippen molar-refractivity contribution >= 4 is 99.7 Å². The fourth-order valence-electron chi connectivity index (χ4n) is 11.0. The molecule has 1 amide bonds. The van der Waals surface area contributed by atoms with Crippen molar-refractivity contribution in [1.82, 2.24) is 10.6 Å². The molecule has 0 saturated carbocycles. The first kappa shape index (κ1) is 82.9. The number of alkyl halides is 1. The van der Waals surface area contributed by atoms with E-state index in [0.29, 0.717) is 85.4 Å². The number of phenols is 2. The Balaban J connectivity index is 0.000000194. The number of carboxylic acid groups (broad SMARTS) is 2. The Morgan fingerprint density at radius 3 is 1.78 bits per heavy atom. The van der Waals surface area contributed by atoms with Gasteiger partial charge in [-0.3, -0.25) is 24.0 Å². The summed E-state index contributed by atoms with van der Waals surface area (Å²) in [4.78, 5) is 53.1. The summed E-state index contributed by atoms with van der Waals surface area (Å²) >= 11 is 12.9. The van der Waals surface area contributed by atoms with E-state index in [2.05, 4.69) is 124 Å². The first-order valence-electron chi connectivity index (χ1n) is 33.8. The molecule has 0 radical (unpaired) electrons. The number of aromatic hydroxyl groups is 2. The lowest BCUT2D eigenvalue weighted by molar-refractivity contribution is -0.138. The topological polar surface area (TPSA) is 264 Å². The van der Waals surface area contributed by atoms with Crippen molar-refractivity contribution in [3.63, 3.8) is 0 Å². The smallest absolute Gasteiger partial charge is 0.306 e. The Labute approximate surface area is 630 Å². The Morgan fingerprint density at radius 2 is 1.20 bits per heavy atom. The van der Waals surface area contributed by atoms with Gasteiger partial charge in [-0.25, -0.2) is 0 Å². The number of carbonyl (C=O) groups is 5. The number of halogens is 4. The minimum absolute atomic E-state index is 0.00918. The number of aliphatic carboxylic acids is 2. The van der Waals surface area contributed by atoms with Gasteiger partial charge in [0.1, 0.15) is 52.3 Å². The highest BCUT2D eigenvalue weighted by atomic mass is 79.9. The van der Waals surface area contributed by atoms with E-state index < -0.39 is 11.9 Å². The van der Waals surface area contributed by atoms with E-state index in [1.54, 1.807) is 48.6 Å². The highest BCUT2D eigenvalue weighted by Gasteiger charge is 2.33. The van der Waals surface area contributed by atoms with Crippen LogP contribution in [0.15, 0.2) is 172 Å². The zero-order valence-corrected chi connectivity index (χ0v) is 63.9. The van der Waals surface area contributed by atoms with E-state index in [-0.39, 0.29) is 43.2 Å². The van der Waals surface area contributed by atoms with E-state index >= 15 is 0 Å². The summed E-state index contributed by atoms with van der Waals surface area (Å²) in [5.41, 5.74) is 8.76. The van der Waals surface area contributed by atoms with Gasteiger partial charge in [0.15, 0.2) is 12.1 Å². The Kier molecular flexibility index (Phi) is 37.3. The number of carboxylic acids is 2. The number of nitrogens with one attached hydrogen (secondary N) is 2. The maximum Gasteiger partial charge on any atom is 0.306 e. The zero-order chi connectivity index (χ0) is 73.6. The summed E-state index contributed by atoms with van der Waals surface area (Å²) in [5, 5.41) is 41.0. The van der Waals surface area contributed by atoms with Gasteiger partial charge >= 0.3 is 11.9 Å². The lowest BCUT2D eigenvalue weighted by Crippen LogP contribution is -2.45. The largest absolute Gasteiger partial charge is 0.508 e. The van der Waals surface area contributed by atoms with Crippen molar-refractivity contribution in [3.8, 4) is 46.0 Å². The molecule has 7 aromatic rings. The summed E-state index contributed by atoms with van der Waals surface area (Å²) < 4.78 is 46.6. The predicted octanol–water partition coefficient (Wildman–Crippen LogP) is 16.7. The maximum atomic E-state index is 11.9. The molecule has 1 fully saturated rings. The number of aryl methyl sites for hydroxylation is 3. The number of rotatable bonds is 17. The van der Waals surface area contributed by atoms with Crippen LogP contribution in [0.2, 0.25) is 0 Å². The SMILES string of the molecule is Brc1ccc2c(c1)OCCC2.C=CC(OCC)OCC.C[C@H]1NCCC(c2ccc3c(c2)OCCC3)[C@@H]1COc1ccc2c(c1)C(=O)NC2.O=C(O)CCBr.O=C(O)CCOc1cccc(O)c1.O=C/C=C/c1ccc2c(c1)OCCC2.O=C1CCOc2cc(Br)ccc21.Oc1cccc(Br)c1. The minimum atomic E-state index is -0.903. The third kappa shape index (κ3) is 29.4. The van der Waals surface area contributed by atoms with Crippen LogP contribution < -0.4 is 39.1 Å². The Bertz CT molecular complexity index is 3830. The lowest BCUT2D eigenvalue weighted by atomic mass is 9.77. The molecule has 0 aromatic heterocycles. The lowest BCUT2D eigenvalue weighted by Gasteiger charge is -2.38. The molecule has 7 aromatic carbocycles. The van der Waals surface area contributed by atoms with Gasteiger partial charge in [-0.15, -0.1) is 0 Å². The van der Waals surface area contributed by atoms with Crippen LogP contribution in [0.3, 0.4) is 0 Å². The molecule has 6 aliphatic rings. The monoisotopic (exact) mass is 1650 g/mol. The zero-order valence-electron chi connectivity index (χ0n) is 57.6. The molecule has 6 aliphatic heterocycles. The number of carbonyl (C=O) groups excluding carboxylic acids is 3. The first-order chi connectivity index (χ1) is 49.3. The summed E-state index contributed by atoms with van der Waals surface area (Å²) in [6.07, 6.45) is 13.9. The van der Waals surface area contributed by atoms with Crippen LogP contribution >= 0.6 is 63.7 Å². The summed E-state index contributed by atoms with van der Waals surface area (Å²) in [6, 6.07) is 43.9. The van der Waals surface area contributed by atoms with Gasteiger partial charge in [-0.05, 0) is 209 Å². The number of Topliss-reactive ketones (excluding diaryl/α,β-unsaturated/α-hetero) is 1. The van der Waals surface area contributed by atoms with E-state index in [0.717, 1.165) is 131 Å². The molecule has 1 unspecified atom stereocenters. The molecule has 1 saturated heterocycles. The average molecular weight is 1660 g/mol. The van der Waals surface area contributed by atoms with Crippen molar-refractivity contribution in [1.29, 1.82) is 0 Å². The van der Waals surface area contributed by atoms with Crippen molar-refractivity contribution in [2.75, 3.05) is 64.7 Å². The normalized spacial score (nSPS) is 16.1. The molecule has 13 rings (SSSR count). The van der Waals surface area contributed by atoms with Crippen LogP contribution in [-0.2, 0) is 49.7 Å². The van der Waals surface area contributed by atoms with Crippen molar-refractivity contribution < 1.29 is 82.3 Å². The van der Waals surface area contributed by atoms with E-state index in [1.807, 2.05) is 68.4 Å². The minimum Gasteiger partial charge on any atom is -0.508 e. The average Bonchev–Trinajstić information content (AvgIpc) is 1.04. The number of ether oxygens (including phenoxy) is 8. The summed E-state index contributed by atoms with van der Waals surface area (Å²) in [6.45, 7) is 16.3. The van der Waals surface area contributed by atoms with Crippen molar-refractivity contribution in [2.24, 2.45) is 5.92 Å². The van der Waals surface area contributed by atoms with Gasteiger partial charge in [0.25, 0.3) is 5.91 Å². The molecule has 102 heavy (non-hydrogen) atoms. The van der Waals surface area contributed by atoms with Crippen LogP contribution in [0, 0.1) is 5.92 Å². The number of amides is 1. The number of hydrogen-bond acceptors (Lipinski definition) is 16. The Hall–Kier alpha value is -8.03. The molecule has 6 heterocycles. The van der Waals surface area contributed by atoms with Gasteiger partial charge in [-0.1, -0.05) is 125 Å². The standard InChI is InChI=1S/C24H28N2O3.C12H12O2.C9H7BrO2.C9H9BrO.C9H10O4.C7H14O2.C6H5BrO.C3H5BrO2/c1-15-22(14-29-19-7-6-18-13-26-24(27)21(18)12-19)20(8-9-25-15)17-5-4-16-3-2-10-28-23(16)11-17;13-7-1-3-10-5-6-11-4-2-8-14-12(11)9-10;10-6-1-2-7-8(11)3-4-12-9(7)5-6;10-8-4-3-7-2-1-5-11-9(7)6-8;10-7-2-1-3-8(6-7)13-5-4-9(11)12;1-4-7(8-5-2)9-6-3;7-5-2-1-3-6(8)4-5;4-2-1-3(5)6/h4-7,11-12,15,20,22,25H,2-3,8-10,13-14H2,1H3,(H,26,27);1,3,5-7,9H,2,4,8H2;1-2,5H,3-4H2;3-4,6H,1-2,5H2;1-3,6,10H,4-5H2,(H,11,12);4,7H,1,5-6H2,2-3H3;1-4,8H;1-2H2,(H,5,6)/b;3-1+;;;;;;/t15-,20?,22-;;;;;;;/m1......./s1. The van der Waals surface area contributed by atoms with Crippen molar-refractivity contribution in [3.05, 3.63) is 216 Å². The van der Waals surface area contributed by atoms with Crippen molar-refractivity contribution in [2.45, 2.75) is 110 Å². The van der Waals surface area contributed by atoms with Gasteiger partial charge in [-0.2, -0.15) is 0 Å². The van der Waals surface area contributed by atoms with Crippen LogP contribution in [-0.4, -0.2) is 127 Å². The summed E-state index contributed by atoms with van der Waals surface area (Å²) in [5.74, 6) is 4.69. The van der Waals surface area contributed by atoms with Crippen LogP contribution in [0.5, 0.6) is 46.0 Å². The van der Waals surface area contributed by atoms with Gasteiger partial charge < -0.3 is 69.0 Å². The predicted molar refractivity (Wildman–Crippen MR) is 409 cm³/mol. The summed E-state index contributed by atoms with van der Waals surface area (Å²) in [7, 11) is 0. The number of piperidine rings is 1. The molecule has 0 aliphatic carbocycles. The molecule has 6 N–H and O–H groups in total. The van der Waals surface area contributed by atoms with Crippen LogP contribution in [0.4, 0.5) is 0 Å². The molecule has 19 nitrogen and oxygen atoms in total.